The first-order chi connectivity index (χ1) is 7.40. The fraction of sp³-hybridized carbons (Fsp3) is 1.00. The smallest absolute Gasteiger partial charge is 0.0712 e. The van der Waals surface area contributed by atoms with E-state index in [-0.39, 0.29) is 0 Å². The molecule has 2 aliphatic rings. The first-order valence-corrected chi connectivity index (χ1v) is 6.46. The van der Waals surface area contributed by atoms with Gasteiger partial charge in [0.05, 0.1) is 12.7 Å². The molecule has 0 radical (unpaired) electrons. The Morgan fingerprint density at radius 1 is 1.40 bits per heavy atom. The van der Waals surface area contributed by atoms with Gasteiger partial charge < -0.3 is 15.4 Å². The summed E-state index contributed by atoms with van der Waals surface area (Å²) in [5.41, 5.74) is 0. The maximum absolute atomic E-state index is 5.65. The van der Waals surface area contributed by atoms with Crippen molar-refractivity contribution >= 4 is 0 Å². The molecule has 0 spiro atoms. The molecule has 0 amide bonds. The molecule has 3 nitrogen and oxygen atoms in total. The van der Waals surface area contributed by atoms with Gasteiger partial charge in [-0.1, -0.05) is 13.3 Å². The third-order valence-corrected chi connectivity index (χ3v) is 3.46. The van der Waals surface area contributed by atoms with Crippen molar-refractivity contribution in [1.29, 1.82) is 0 Å². The molecule has 2 fully saturated rings. The molecule has 0 aromatic carbocycles. The Morgan fingerprint density at radius 3 is 3.07 bits per heavy atom. The van der Waals surface area contributed by atoms with Gasteiger partial charge in [0, 0.05) is 19.1 Å². The van der Waals surface area contributed by atoms with Gasteiger partial charge in [0.2, 0.25) is 0 Å². The Balaban J connectivity index is 1.48. The van der Waals surface area contributed by atoms with Crippen molar-refractivity contribution in [3.05, 3.63) is 0 Å². The lowest BCUT2D eigenvalue weighted by Gasteiger charge is -2.23. The molecule has 2 rings (SSSR count). The van der Waals surface area contributed by atoms with Gasteiger partial charge in [-0.25, -0.2) is 0 Å². The third-order valence-electron chi connectivity index (χ3n) is 3.46. The summed E-state index contributed by atoms with van der Waals surface area (Å²) in [5, 5.41) is 7.00. The summed E-state index contributed by atoms with van der Waals surface area (Å²) in [6, 6.07) is 0.821. The van der Waals surface area contributed by atoms with Gasteiger partial charge in [0.1, 0.15) is 0 Å². The number of ether oxygens (including phenoxy) is 1. The van der Waals surface area contributed by atoms with Gasteiger partial charge in [0.15, 0.2) is 0 Å². The van der Waals surface area contributed by atoms with E-state index in [4.69, 9.17) is 4.74 Å². The largest absolute Gasteiger partial charge is 0.376 e. The predicted octanol–water partition coefficient (Wildman–Crippen LogP) is 1.14. The molecule has 0 bridgehead atoms. The molecule has 1 saturated heterocycles. The number of nitrogens with one attached hydrogen (secondary N) is 2. The van der Waals surface area contributed by atoms with Crippen LogP contribution >= 0.6 is 0 Å². The van der Waals surface area contributed by atoms with Gasteiger partial charge in [-0.2, -0.15) is 0 Å². The molecule has 0 aromatic heterocycles. The van der Waals surface area contributed by atoms with Gasteiger partial charge >= 0.3 is 0 Å². The number of morpholine rings is 1. The van der Waals surface area contributed by atoms with E-state index >= 15 is 0 Å². The van der Waals surface area contributed by atoms with E-state index < -0.39 is 0 Å². The molecule has 3 heteroatoms. The quantitative estimate of drug-likeness (QED) is 0.693. The molecule has 3 unspecified atom stereocenters. The molecule has 1 saturated carbocycles. The minimum absolute atomic E-state index is 0.439. The van der Waals surface area contributed by atoms with E-state index in [1.54, 1.807) is 0 Å². The average molecular weight is 212 g/mol. The average Bonchev–Trinajstić information content (AvgIpc) is 2.99. The standard InChI is InChI=1S/C12H24N2O/c1-2-3-10-8-12(10)14-5-4-11-9-13-6-7-15-11/h10-14H,2-9H2,1H3. The van der Waals surface area contributed by atoms with Crippen LogP contribution in [0.15, 0.2) is 0 Å². The van der Waals surface area contributed by atoms with E-state index in [2.05, 4.69) is 17.6 Å². The van der Waals surface area contributed by atoms with Crippen molar-refractivity contribution in [3.8, 4) is 0 Å². The van der Waals surface area contributed by atoms with Crippen LogP contribution in [0.1, 0.15) is 32.6 Å². The zero-order valence-corrected chi connectivity index (χ0v) is 9.80. The lowest BCUT2D eigenvalue weighted by atomic mass is 10.2. The maximum Gasteiger partial charge on any atom is 0.0712 e. The Kier molecular flexibility index (Phi) is 4.42. The van der Waals surface area contributed by atoms with Crippen LogP contribution in [0.3, 0.4) is 0 Å². The van der Waals surface area contributed by atoms with E-state index in [1.807, 2.05) is 0 Å². The minimum Gasteiger partial charge on any atom is -0.376 e. The molecule has 2 N–H and O–H groups in total. The molecule has 0 aromatic rings. The summed E-state index contributed by atoms with van der Waals surface area (Å²) in [6.45, 7) is 6.33. The predicted molar refractivity (Wildman–Crippen MR) is 62.0 cm³/mol. The normalized spacial score (nSPS) is 35.4. The van der Waals surface area contributed by atoms with E-state index in [0.717, 1.165) is 44.6 Å². The highest BCUT2D eigenvalue weighted by Crippen LogP contribution is 2.34. The van der Waals surface area contributed by atoms with Gasteiger partial charge in [-0.3, -0.25) is 0 Å². The number of hydrogen-bond acceptors (Lipinski definition) is 3. The van der Waals surface area contributed by atoms with Crippen LogP contribution in [0.25, 0.3) is 0 Å². The Labute approximate surface area is 93.0 Å². The molecule has 88 valence electrons. The summed E-state index contributed by atoms with van der Waals surface area (Å²) in [4.78, 5) is 0. The number of hydrogen-bond donors (Lipinski definition) is 2. The highest BCUT2D eigenvalue weighted by Gasteiger charge is 2.35. The van der Waals surface area contributed by atoms with Crippen molar-refractivity contribution < 1.29 is 4.74 Å². The van der Waals surface area contributed by atoms with Gasteiger partial charge in [0.25, 0.3) is 0 Å². The van der Waals surface area contributed by atoms with Crippen molar-refractivity contribution in [2.24, 2.45) is 5.92 Å². The second-order valence-corrected chi connectivity index (χ2v) is 4.83. The second-order valence-electron chi connectivity index (χ2n) is 4.83. The van der Waals surface area contributed by atoms with Crippen LogP contribution in [0.2, 0.25) is 0 Å². The Hall–Kier alpha value is -0.120. The van der Waals surface area contributed by atoms with E-state index in [0.29, 0.717) is 6.10 Å². The van der Waals surface area contributed by atoms with Crippen LogP contribution in [0, 0.1) is 5.92 Å². The molecular formula is C12H24N2O. The number of rotatable bonds is 6. The third kappa shape index (κ3) is 3.74. The zero-order chi connectivity index (χ0) is 10.5. The van der Waals surface area contributed by atoms with Crippen molar-refractivity contribution in [2.45, 2.75) is 44.8 Å². The summed E-state index contributed by atoms with van der Waals surface area (Å²) in [7, 11) is 0. The minimum atomic E-state index is 0.439. The Morgan fingerprint density at radius 2 is 2.33 bits per heavy atom. The zero-order valence-electron chi connectivity index (χ0n) is 9.80. The molecule has 1 aliphatic carbocycles. The summed E-state index contributed by atoms with van der Waals surface area (Å²) >= 11 is 0. The van der Waals surface area contributed by atoms with Crippen molar-refractivity contribution in [1.82, 2.24) is 10.6 Å². The maximum atomic E-state index is 5.65. The molecule has 15 heavy (non-hydrogen) atoms. The van der Waals surface area contributed by atoms with Crippen molar-refractivity contribution in [2.75, 3.05) is 26.2 Å². The van der Waals surface area contributed by atoms with E-state index in [1.165, 1.54) is 19.3 Å². The van der Waals surface area contributed by atoms with Crippen LogP contribution in [0.4, 0.5) is 0 Å². The highest BCUT2D eigenvalue weighted by molar-refractivity contribution is 4.92. The first kappa shape index (κ1) is 11.4. The monoisotopic (exact) mass is 212 g/mol. The van der Waals surface area contributed by atoms with Crippen LogP contribution in [-0.2, 0) is 4.74 Å². The second kappa shape index (κ2) is 5.83. The fourth-order valence-electron chi connectivity index (χ4n) is 2.42. The van der Waals surface area contributed by atoms with Crippen LogP contribution in [-0.4, -0.2) is 38.4 Å². The van der Waals surface area contributed by atoms with Gasteiger partial charge in [-0.05, 0) is 31.7 Å². The van der Waals surface area contributed by atoms with E-state index in [9.17, 15) is 0 Å². The van der Waals surface area contributed by atoms with Gasteiger partial charge in [-0.15, -0.1) is 0 Å². The summed E-state index contributed by atoms with van der Waals surface area (Å²) < 4.78 is 5.65. The lowest BCUT2D eigenvalue weighted by molar-refractivity contribution is 0.0238. The van der Waals surface area contributed by atoms with Crippen LogP contribution in [0.5, 0.6) is 0 Å². The molecular weight excluding hydrogens is 188 g/mol. The first-order valence-electron chi connectivity index (χ1n) is 6.46. The molecule has 1 aliphatic heterocycles. The summed E-state index contributed by atoms with van der Waals surface area (Å²) in [5.74, 6) is 0.973. The SMILES string of the molecule is CCCC1CC1NCCC1CNCCO1. The topological polar surface area (TPSA) is 33.3 Å². The van der Waals surface area contributed by atoms with Crippen molar-refractivity contribution in [3.63, 3.8) is 0 Å². The molecule has 1 heterocycles. The fourth-order valence-corrected chi connectivity index (χ4v) is 2.42. The lowest BCUT2D eigenvalue weighted by Crippen LogP contribution is -2.40. The highest BCUT2D eigenvalue weighted by atomic mass is 16.5. The van der Waals surface area contributed by atoms with Crippen LogP contribution < -0.4 is 10.6 Å². The summed E-state index contributed by atoms with van der Waals surface area (Å²) in [6.07, 6.45) is 5.73. The Bertz CT molecular complexity index is 180. The molecule has 3 atom stereocenters.